The van der Waals surface area contributed by atoms with Crippen molar-refractivity contribution in [2.45, 2.75) is 38.1 Å². The molecule has 1 unspecified atom stereocenters. The summed E-state index contributed by atoms with van der Waals surface area (Å²) in [7, 11) is 0. The van der Waals surface area contributed by atoms with Crippen LogP contribution >= 0.6 is 0 Å². The van der Waals surface area contributed by atoms with E-state index in [1.165, 1.54) is 0 Å². The number of hydrogen-bond acceptors (Lipinski definition) is 5. The number of carbonyl (C=O) groups is 1. The number of nitrogens with two attached hydrogens (primary N) is 1. The minimum atomic E-state index is -1.04. The van der Waals surface area contributed by atoms with Crippen molar-refractivity contribution in [3.63, 3.8) is 0 Å². The molecule has 1 atom stereocenters. The zero-order valence-corrected chi connectivity index (χ0v) is 11.7. The number of phenols is 1. The summed E-state index contributed by atoms with van der Waals surface area (Å²) < 4.78 is 11.3. The first-order valence-electron chi connectivity index (χ1n) is 7.23. The summed E-state index contributed by atoms with van der Waals surface area (Å²) in [5.74, 6) is 0.197. The molecule has 0 amide bonds. The van der Waals surface area contributed by atoms with Crippen LogP contribution in [0.2, 0.25) is 0 Å². The van der Waals surface area contributed by atoms with E-state index in [0.717, 1.165) is 36.0 Å². The van der Waals surface area contributed by atoms with Gasteiger partial charge in [0.1, 0.15) is 11.8 Å². The summed E-state index contributed by atoms with van der Waals surface area (Å²) in [6.07, 6.45) is 3.28. The van der Waals surface area contributed by atoms with Gasteiger partial charge >= 0.3 is 5.97 Å². The van der Waals surface area contributed by atoms with Gasteiger partial charge in [0, 0.05) is 23.1 Å². The third kappa shape index (κ3) is 2.40. The van der Waals surface area contributed by atoms with Gasteiger partial charge in [-0.05, 0) is 25.7 Å². The van der Waals surface area contributed by atoms with Crippen molar-refractivity contribution < 1.29 is 24.5 Å². The molecule has 0 saturated carbocycles. The van der Waals surface area contributed by atoms with Gasteiger partial charge in [-0.2, -0.15) is 0 Å². The van der Waals surface area contributed by atoms with Crippen LogP contribution in [0.3, 0.4) is 0 Å². The second kappa shape index (κ2) is 5.44. The molecule has 0 bridgehead atoms. The van der Waals surface area contributed by atoms with Crippen molar-refractivity contribution in [3.8, 4) is 17.2 Å². The fourth-order valence-corrected chi connectivity index (χ4v) is 3.04. The average Bonchev–Trinajstić information content (AvgIpc) is 2.51. The van der Waals surface area contributed by atoms with Crippen LogP contribution in [0.15, 0.2) is 0 Å². The van der Waals surface area contributed by atoms with Gasteiger partial charge in [-0.25, -0.2) is 0 Å². The van der Waals surface area contributed by atoms with E-state index in [4.69, 9.17) is 20.3 Å². The Morgan fingerprint density at radius 3 is 2.43 bits per heavy atom. The van der Waals surface area contributed by atoms with Crippen LogP contribution in [0.1, 0.15) is 29.5 Å². The quantitative estimate of drug-likeness (QED) is 0.768. The number of phenolic OH excluding ortho intramolecular Hbond substituents is 1. The smallest absolute Gasteiger partial charge is 0.320 e. The summed E-state index contributed by atoms with van der Waals surface area (Å²) in [6.45, 7) is 1.13. The van der Waals surface area contributed by atoms with Crippen molar-refractivity contribution >= 4 is 5.97 Å². The number of carboxylic acids is 1. The largest absolute Gasteiger partial charge is 0.504 e. The van der Waals surface area contributed by atoms with E-state index in [9.17, 15) is 9.90 Å². The maximum absolute atomic E-state index is 11.1. The van der Waals surface area contributed by atoms with Crippen LogP contribution in [0, 0.1) is 0 Å². The third-order valence-corrected chi connectivity index (χ3v) is 4.06. The van der Waals surface area contributed by atoms with E-state index >= 15 is 0 Å². The lowest BCUT2D eigenvalue weighted by Crippen LogP contribution is -2.33. The second-order valence-electron chi connectivity index (χ2n) is 5.50. The molecule has 2 heterocycles. The Morgan fingerprint density at radius 2 is 1.76 bits per heavy atom. The highest BCUT2D eigenvalue weighted by Crippen LogP contribution is 2.47. The first-order valence-corrected chi connectivity index (χ1v) is 7.23. The van der Waals surface area contributed by atoms with Gasteiger partial charge in [0.2, 0.25) is 0 Å². The van der Waals surface area contributed by atoms with Crippen LogP contribution in [-0.4, -0.2) is 35.4 Å². The SMILES string of the molecule is NC(Cc1c2c(c(O)c3c1OCCC3)OCCC2)C(=O)O. The normalized spacial score (nSPS) is 18.0. The molecule has 0 aliphatic carbocycles. The molecule has 6 nitrogen and oxygen atoms in total. The number of aromatic hydroxyl groups is 1. The highest BCUT2D eigenvalue weighted by atomic mass is 16.5. The molecule has 0 spiro atoms. The Balaban J connectivity index is 2.13. The van der Waals surface area contributed by atoms with E-state index in [2.05, 4.69) is 0 Å². The predicted molar refractivity (Wildman–Crippen MR) is 75.1 cm³/mol. The Bertz CT molecular complexity index is 547. The molecular weight excluding hydrogens is 274 g/mol. The summed E-state index contributed by atoms with van der Waals surface area (Å²) >= 11 is 0. The number of hydrogen-bond donors (Lipinski definition) is 3. The van der Waals surface area contributed by atoms with Crippen LogP contribution in [0.5, 0.6) is 17.2 Å². The van der Waals surface area contributed by atoms with Crippen molar-refractivity contribution in [1.82, 2.24) is 0 Å². The average molecular weight is 293 g/mol. The number of fused-ring (bicyclic) bond motifs is 2. The van der Waals surface area contributed by atoms with E-state index < -0.39 is 12.0 Å². The first-order chi connectivity index (χ1) is 10.1. The van der Waals surface area contributed by atoms with Gasteiger partial charge < -0.3 is 25.4 Å². The molecule has 2 aliphatic rings. The molecule has 0 aromatic heterocycles. The summed E-state index contributed by atoms with van der Waals surface area (Å²) in [5.41, 5.74) is 8.04. The van der Waals surface area contributed by atoms with Gasteiger partial charge in [0.05, 0.1) is 13.2 Å². The molecule has 0 fully saturated rings. The van der Waals surface area contributed by atoms with Crippen molar-refractivity contribution in [3.05, 3.63) is 16.7 Å². The van der Waals surface area contributed by atoms with Crippen molar-refractivity contribution in [2.75, 3.05) is 13.2 Å². The van der Waals surface area contributed by atoms with Gasteiger partial charge in [0.25, 0.3) is 0 Å². The number of ether oxygens (including phenoxy) is 2. The van der Waals surface area contributed by atoms with Gasteiger partial charge in [-0.15, -0.1) is 0 Å². The monoisotopic (exact) mass is 293 g/mol. The Morgan fingerprint density at radius 1 is 1.14 bits per heavy atom. The minimum absolute atomic E-state index is 0.145. The molecule has 1 aromatic carbocycles. The third-order valence-electron chi connectivity index (χ3n) is 4.06. The highest BCUT2D eigenvalue weighted by Gasteiger charge is 2.30. The molecule has 21 heavy (non-hydrogen) atoms. The lowest BCUT2D eigenvalue weighted by molar-refractivity contribution is -0.138. The summed E-state index contributed by atoms with van der Waals surface area (Å²) in [6, 6.07) is -0.991. The molecule has 2 aliphatic heterocycles. The van der Waals surface area contributed by atoms with Gasteiger partial charge in [0.15, 0.2) is 11.5 Å². The second-order valence-corrected chi connectivity index (χ2v) is 5.50. The topological polar surface area (TPSA) is 102 Å². The fourth-order valence-electron chi connectivity index (χ4n) is 3.04. The Kier molecular flexibility index (Phi) is 3.63. The van der Waals surface area contributed by atoms with Crippen molar-refractivity contribution in [1.29, 1.82) is 0 Å². The van der Waals surface area contributed by atoms with Crippen molar-refractivity contribution in [2.24, 2.45) is 5.73 Å². The predicted octanol–water partition coefficient (Wildman–Crippen LogP) is 0.997. The molecule has 114 valence electrons. The first kappa shape index (κ1) is 14.0. The van der Waals surface area contributed by atoms with Gasteiger partial charge in [-0.1, -0.05) is 0 Å². The molecule has 3 rings (SSSR count). The number of carboxylic acid groups (broad SMARTS) is 1. The van der Waals surface area contributed by atoms with E-state index in [1.807, 2.05) is 0 Å². The molecule has 0 saturated heterocycles. The molecule has 1 aromatic rings. The van der Waals surface area contributed by atoms with Crippen LogP contribution in [-0.2, 0) is 24.1 Å². The lowest BCUT2D eigenvalue weighted by Gasteiger charge is -2.29. The van der Waals surface area contributed by atoms with Crippen LogP contribution in [0.4, 0.5) is 0 Å². The molecular formula is C15H19NO5. The number of aliphatic carboxylic acids is 1. The van der Waals surface area contributed by atoms with E-state index in [1.54, 1.807) is 0 Å². The minimum Gasteiger partial charge on any atom is -0.504 e. The maximum Gasteiger partial charge on any atom is 0.320 e. The molecule has 0 radical (unpaired) electrons. The standard InChI is InChI=1S/C15H19NO5/c16-11(15(18)19)7-10-8-3-1-6-21-14(8)12(17)9-4-2-5-20-13(9)10/h11,17H,1-7,16H2,(H,18,19). The van der Waals surface area contributed by atoms with Crippen LogP contribution in [0.25, 0.3) is 0 Å². The highest BCUT2D eigenvalue weighted by molar-refractivity contribution is 5.74. The zero-order chi connectivity index (χ0) is 15.0. The molecule has 6 heteroatoms. The number of benzene rings is 1. The summed E-state index contributed by atoms with van der Waals surface area (Å²) in [4.78, 5) is 11.1. The van der Waals surface area contributed by atoms with E-state index in [0.29, 0.717) is 31.1 Å². The zero-order valence-electron chi connectivity index (χ0n) is 11.7. The van der Waals surface area contributed by atoms with Crippen LogP contribution < -0.4 is 15.2 Å². The van der Waals surface area contributed by atoms with E-state index in [-0.39, 0.29) is 12.2 Å². The summed E-state index contributed by atoms with van der Waals surface area (Å²) in [5, 5.41) is 19.5. The number of rotatable bonds is 3. The fraction of sp³-hybridized carbons (Fsp3) is 0.533. The van der Waals surface area contributed by atoms with Gasteiger partial charge in [-0.3, -0.25) is 4.79 Å². The molecule has 4 N–H and O–H groups in total. The maximum atomic E-state index is 11.1. The Labute approximate surface area is 122 Å². The lowest BCUT2D eigenvalue weighted by atomic mass is 9.89. The Hall–Kier alpha value is -1.95.